The van der Waals surface area contributed by atoms with Gasteiger partial charge in [0.2, 0.25) is 0 Å². The van der Waals surface area contributed by atoms with Crippen molar-refractivity contribution < 1.29 is 41.7 Å². The summed E-state index contributed by atoms with van der Waals surface area (Å²) in [5.74, 6) is 0.00204. The maximum atomic E-state index is 12.2. The third-order valence-electron chi connectivity index (χ3n) is 5.01. The predicted molar refractivity (Wildman–Crippen MR) is 139 cm³/mol. The Labute approximate surface area is 222 Å². The number of hydrogen-bond donors (Lipinski definition) is 2. The van der Waals surface area contributed by atoms with Crippen LogP contribution in [0.3, 0.4) is 0 Å². The molecule has 0 aromatic heterocycles. The van der Waals surface area contributed by atoms with E-state index in [0.717, 1.165) is 0 Å². The van der Waals surface area contributed by atoms with E-state index in [1.165, 1.54) is 48.5 Å². The van der Waals surface area contributed by atoms with Crippen molar-refractivity contribution in [3.05, 3.63) is 83.9 Å². The minimum Gasteiger partial charge on any atom is -0.494 e. The van der Waals surface area contributed by atoms with Crippen molar-refractivity contribution in [3.8, 4) is 17.2 Å². The molecule has 206 valence electrons. The van der Waals surface area contributed by atoms with Crippen LogP contribution >= 0.6 is 0 Å². The van der Waals surface area contributed by atoms with E-state index < -0.39 is 24.5 Å². The second-order valence-electron chi connectivity index (χ2n) is 8.23. The zero-order chi connectivity index (χ0) is 28.3. The topological polar surface area (TPSA) is 123 Å². The van der Waals surface area contributed by atoms with E-state index in [1.54, 1.807) is 30.3 Å². The van der Waals surface area contributed by atoms with Crippen LogP contribution in [-0.4, -0.2) is 37.9 Å². The van der Waals surface area contributed by atoms with Crippen molar-refractivity contribution in [1.29, 1.82) is 0 Å². The van der Waals surface area contributed by atoms with Crippen LogP contribution in [-0.2, 0) is 9.53 Å². The molecule has 0 spiro atoms. The van der Waals surface area contributed by atoms with Gasteiger partial charge in [0.1, 0.15) is 30.5 Å². The van der Waals surface area contributed by atoms with Gasteiger partial charge in [0, 0.05) is 23.9 Å². The minimum absolute atomic E-state index is 0.0200. The maximum Gasteiger partial charge on any atom is 0.389 e. The maximum absolute atomic E-state index is 12.2. The van der Waals surface area contributed by atoms with E-state index in [1.807, 2.05) is 0 Å². The third-order valence-corrected chi connectivity index (χ3v) is 5.01. The largest absolute Gasteiger partial charge is 0.494 e. The van der Waals surface area contributed by atoms with Gasteiger partial charge in [-0.2, -0.15) is 13.2 Å². The number of esters is 2. The standard InChI is InChI=1S/C28H27F3N2O6/c29-28(30,31)12-1-13-36-24-7-9-25(10-8-24)39-26(34)11-4-19-2-5-23(6-3-19)37-14-15-38-27(35)20-16-21(32)18-22(33)17-20/h2-11,16-18H,1,12-15,32-33H2. The summed E-state index contributed by atoms with van der Waals surface area (Å²) in [6.07, 6.45) is -2.46. The van der Waals surface area contributed by atoms with E-state index in [9.17, 15) is 22.8 Å². The third kappa shape index (κ3) is 10.7. The van der Waals surface area contributed by atoms with Gasteiger partial charge in [-0.3, -0.25) is 0 Å². The van der Waals surface area contributed by atoms with Crippen molar-refractivity contribution >= 4 is 29.4 Å². The molecule has 0 heterocycles. The highest BCUT2D eigenvalue weighted by molar-refractivity contribution is 5.91. The summed E-state index contributed by atoms with van der Waals surface area (Å²) >= 11 is 0. The summed E-state index contributed by atoms with van der Waals surface area (Å²) < 4.78 is 57.6. The van der Waals surface area contributed by atoms with Crippen LogP contribution in [0.2, 0.25) is 0 Å². The molecular weight excluding hydrogens is 517 g/mol. The molecule has 3 rings (SSSR count). The highest BCUT2D eigenvalue weighted by atomic mass is 19.4. The van der Waals surface area contributed by atoms with E-state index in [-0.39, 0.29) is 37.6 Å². The fraction of sp³-hybridized carbons (Fsp3) is 0.214. The Morgan fingerprint density at radius 3 is 1.95 bits per heavy atom. The number of nitrogens with two attached hydrogens (primary N) is 2. The number of carbonyl (C=O) groups excluding carboxylic acids is 2. The van der Waals surface area contributed by atoms with Gasteiger partial charge in [0.15, 0.2) is 0 Å². The van der Waals surface area contributed by atoms with Crippen LogP contribution in [0.5, 0.6) is 17.2 Å². The van der Waals surface area contributed by atoms with Gasteiger partial charge < -0.3 is 30.4 Å². The summed E-state index contributed by atoms with van der Waals surface area (Å²) in [4.78, 5) is 24.2. The minimum atomic E-state index is -4.21. The van der Waals surface area contributed by atoms with E-state index in [0.29, 0.717) is 28.4 Å². The fourth-order valence-corrected chi connectivity index (χ4v) is 3.23. The Kier molecular flexibility index (Phi) is 10.2. The van der Waals surface area contributed by atoms with Crippen molar-refractivity contribution in [2.75, 3.05) is 31.3 Å². The summed E-state index contributed by atoms with van der Waals surface area (Å²) in [6.45, 7) is 0.0768. The second kappa shape index (κ2) is 13.8. The number of benzene rings is 3. The van der Waals surface area contributed by atoms with Crippen LogP contribution < -0.4 is 25.7 Å². The summed E-state index contributed by atoms with van der Waals surface area (Å²) in [7, 11) is 0. The Morgan fingerprint density at radius 2 is 1.33 bits per heavy atom. The van der Waals surface area contributed by atoms with Gasteiger partial charge >= 0.3 is 18.1 Å². The molecule has 0 saturated heterocycles. The molecule has 0 aliphatic heterocycles. The Morgan fingerprint density at radius 1 is 0.769 bits per heavy atom. The smallest absolute Gasteiger partial charge is 0.389 e. The second-order valence-corrected chi connectivity index (χ2v) is 8.23. The molecule has 3 aromatic carbocycles. The molecule has 0 atom stereocenters. The van der Waals surface area contributed by atoms with Crippen molar-refractivity contribution in [1.82, 2.24) is 0 Å². The first kappa shape index (κ1) is 28.9. The predicted octanol–water partition coefficient (Wildman–Crippen LogP) is 5.43. The van der Waals surface area contributed by atoms with Crippen LogP contribution in [0.15, 0.2) is 72.8 Å². The summed E-state index contributed by atoms with van der Waals surface area (Å²) in [5.41, 5.74) is 13.0. The van der Waals surface area contributed by atoms with Gasteiger partial charge in [-0.15, -0.1) is 0 Å². The molecule has 0 aliphatic rings. The molecule has 0 amide bonds. The summed E-state index contributed by atoms with van der Waals surface area (Å²) in [5, 5.41) is 0. The van der Waals surface area contributed by atoms with Gasteiger partial charge in [0.25, 0.3) is 0 Å². The van der Waals surface area contributed by atoms with Crippen LogP contribution in [0.4, 0.5) is 24.5 Å². The molecule has 0 bridgehead atoms. The first-order valence-electron chi connectivity index (χ1n) is 11.8. The Hall–Kier alpha value is -4.67. The number of nitrogen functional groups attached to an aromatic ring is 2. The first-order valence-corrected chi connectivity index (χ1v) is 11.8. The molecular formula is C28H27F3N2O6. The van der Waals surface area contributed by atoms with Gasteiger partial charge in [-0.1, -0.05) is 12.1 Å². The molecule has 0 unspecified atom stereocenters. The van der Waals surface area contributed by atoms with Gasteiger partial charge in [0.05, 0.1) is 12.2 Å². The van der Waals surface area contributed by atoms with Gasteiger partial charge in [-0.05, 0) is 72.7 Å². The molecule has 3 aromatic rings. The fourth-order valence-electron chi connectivity index (χ4n) is 3.23. The lowest BCUT2D eigenvalue weighted by molar-refractivity contribution is -0.136. The zero-order valence-electron chi connectivity index (χ0n) is 20.8. The number of rotatable bonds is 12. The van der Waals surface area contributed by atoms with E-state index in [2.05, 4.69) is 0 Å². The number of anilines is 2. The first-order chi connectivity index (χ1) is 18.6. The van der Waals surface area contributed by atoms with Gasteiger partial charge in [-0.25, -0.2) is 9.59 Å². The number of alkyl halides is 3. The molecule has 0 aliphatic carbocycles. The highest BCUT2D eigenvalue weighted by Crippen LogP contribution is 2.23. The molecule has 39 heavy (non-hydrogen) atoms. The van der Waals surface area contributed by atoms with Crippen molar-refractivity contribution in [3.63, 3.8) is 0 Å². The number of halogens is 3. The zero-order valence-corrected chi connectivity index (χ0v) is 20.8. The van der Waals surface area contributed by atoms with E-state index in [4.69, 9.17) is 30.4 Å². The lowest BCUT2D eigenvalue weighted by Crippen LogP contribution is -2.13. The SMILES string of the molecule is Nc1cc(N)cc(C(=O)OCCOc2ccc(C=CC(=O)Oc3ccc(OCCCC(F)(F)F)cc3)cc2)c1. The monoisotopic (exact) mass is 544 g/mol. The molecule has 11 heteroatoms. The lowest BCUT2D eigenvalue weighted by Gasteiger charge is -2.09. The van der Waals surface area contributed by atoms with Crippen molar-refractivity contribution in [2.24, 2.45) is 0 Å². The van der Waals surface area contributed by atoms with Crippen LogP contribution in [0.25, 0.3) is 6.08 Å². The number of carbonyl (C=O) groups is 2. The molecule has 4 N–H and O–H groups in total. The molecule has 0 saturated carbocycles. The number of hydrogen-bond acceptors (Lipinski definition) is 8. The Bertz CT molecular complexity index is 1260. The van der Waals surface area contributed by atoms with Crippen LogP contribution in [0.1, 0.15) is 28.8 Å². The number of ether oxygens (including phenoxy) is 4. The normalized spacial score (nSPS) is 11.3. The van der Waals surface area contributed by atoms with Crippen molar-refractivity contribution in [2.45, 2.75) is 19.0 Å². The average molecular weight is 545 g/mol. The molecule has 0 fully saturated rings. The van der Waals surface area contributed by atoms with E-state index >= 15 is 0 Å². The lowest BCUT2D eigenvalue weighted by atomic mass is 10.2. The summed E-state index contributed by atoms with van der Waals surface area (Å²) in [6, 6.07) is 17.3. The van der Waals surface area contributed by atoms with Crippen LogP contribution in [0, 0.1) is 0 Å². The average Bonchev–Trinajstić information content (AvgIpc) is 2.88. The molecule has 0 radical (unpaired) electrons. The Balaban J connectivity index is 1.37. The molecule has 8 nitrogen and oxygen atoms in total. The highest BCUT2D eigenvalue weighted by Gasteiger charge is 2.26. The quantitative estimate of drug-likeness (QED) is 0.102.